The molecule has 2 aromatic heterocycles. The zero-order chi connectivity index (χ0) is 12.5. The summed E-state index contributed by atoms with van der Waals surface area (Å²) in [6.45, 7) is 0. The van der Waals surface area contributed by atoms with Crippen LogP contribution in [0.25, 0.3) is 11.0 Å². The minimum Gasteiger partial charge on any atom is -0.346 e. The summed E-state index contributed by atoms with van der Waals surface area (Å²) in [6.07, 6.45) is 2.65. The van der Waals surface area contributed by atoms with Gasteiger partial charge in [-0.3, -0.25) is 4.98 Å². The minimum atomic E-state index is 0.815. The Labute approximate surface area is 111 Å². The summed E-state index contributed by atoms with van der Waals surface area (Å²) in [4.78, 5) is 4.37. The summed E-state index contributed by atoms with van der Waals surface area (Å²) < 4.78 is 2.17. The molecule has 0 amide bonds. The normalized spacial score (nSPS) is 11.0. The van der Waals surface area contributed by atoms with Gasteiger partial charge in [0.25, 0.3) is 0 Å². The average molecular weight is 257 g/mol. The summed E-state index contributed by atoms with van der Waals surface area (Å²) in [5, 5.41) is 0.815. The SMILES string of the molecule is Cn1c(Cc2ccccc2Cl)cc2ncccc21. The quantitative estimate of drug-likeness (QED) is 0.682. The molecule has 0 N–H and O–H groups in total. The lowest BCUT2D eigenvalue weighted by molar-refractivity contribution is 0.880. The Balaban J connectivity index is 2.06. The molecule has 3 heteroatoms. The number of hydrogen-bond acceptors (Lipinski definition) is 1. The number of halogens is 1. The van der Waals surface area contributed by atoms with E-state index in [9.17, 15) is 0 Å². The third-order valence-corrected chi connectivity index (χ3v) is 3.61. The molecule has 0 radical (unpaired) electrons. The highest BCUT2D eigenvalue weighted by Gasteiger charge is 2.08. The summed E-state index contributed by atoms with van der Waals surface area (Å²) in [7, 11) is 2.07. The van der Waals surface area contributed by atoms with E-state index in [2.05, 4.69) is 34.8 Å². The van der Waals surface area contributed by atoms with Crippen molar-refractivity contribution in [3.63, 3.8) is 0 Å². The highest BCUT2D eigenvalue weighted by Crippen LogP contribution is 2.22. The van der Waals surface area contributed by atoms with Crippen molar-refractivity contribution in [3.8, 4) is 0 Å². The van der Waals surface area contributed by atoms with Crippen LogP contribution in [0.2, 0.25) is 5.02 Å². The van der Waals surface area contributed by atoms with E-state index in [4.69, 9.17) is 11.6 Å². The molecule has 0 unspecified atom stereocenters. The topological polar surface area (TPSA) is 17.8 Å². The van der Waals surface area contributed by atoms with Crippen LogP contribution in [0.4, 0.5) is 0 Å². The van der Waals surface area contributed by atoms with E-state index in [0.29, 0.717) is 0 Å². The molecule has 0 saturated heterocycles. The second-order valence-electron chi connectivity index (χ2n) is 4.37. The van der Waals surface area contributed by atoms with Crippen LogP contribution in [-0.4, -0.2) is 9.55 Å². The van der Waals surface area contributed by atoms with Gasteiger partial charge in [0.05, 0.1) is 11.0 Å². The average Bonchev–Trinajstić information content (AvgIpc) is 2.70. The van der Waals surface area contributed by atoms with Crippen LogP contribution in [0.5, 0.6) is 0 Å². The van der Waals surface area contributed by atoms with Crippen molar-refractivity contribution < 1.29 is 0 Å². The molecule has 90 valence electrons. The van der Waals surface area contributed by atoms with Crippen LogP contribution < -0.4 is 0 Å². The Kier molecular flexibility index (Phi) is 2.80. The molecule has 0 bridgehead atoms. The van der Waals surface area contributed by atoms with Crippen LogP contribution in [-0.2, 0) is 13.5 Å². The van der Waals surface area contributed by atoms with E-state index in [1.54, 1.807) is 0 Å². The fourth-order valence-electron chi connectivity index (χ4n) is 2.22. The number of fused-ring (bicyclic) bond motifs is 1. The highest BCUT2D eigenvalue weighted by atomic mass is 35.5. The van der Waals surface area contributed by atoms with E-state index in [-0.39, 0.29) is 0 Å². The maximum atomic E-state index is 6.20. The zero-order valence-electron chi connectivity index (χ0n) is 10.1. The van der Waals surface area contributed by atoms with Crippen molar-refractivity contribution in [1.82, 2.24) is 9.55 Å². The van der Waals surface area contributed by atoms with Gasteiger partial charge in [-0.15, -0.1) is 0 Å². The van der Waals surface area contributed by atoms with E-state index in [0.717, 1.165) is 28.0 Å². The van der Waals surface area contributed by atoms with Crippen molar-refractivity contribution in [2.45, 2.75) is 6.42 Å². The number of rotatable bonds is 2. The van der Waals surface area contributed by atoms with Crippen LogP contribution in [0, 0.1) is 0 Å². The van der Waals surface area contributed by atoms with Crippen molar-refractivity contribution in [2.75, 3.05) is 0 Å². The second-order valence-corrected chi connectivity index (χ2v) is 4.78. The van der Waals surface area contributed by atoms with E-state index in [1.165, 1.54) is 5.69 Å². The fraction of sp³-hybridized carbons (Fsp3) is 0.133. The van der Waals surface area contributed by atoms with Gasteiger partial charge in [-0.1, -0.05) is 29.8 Å². The largest absolute Gasteiger partial charge is 0.346 e. The number of hydrogen-bond donors (Lipinski definition) is 0. The Morgan fingerprint density at radius 3 is 2.78 bits per heavy atom. The minimum absolute atomic E-state index is 0.815. The number of benzene rings is 1. The fourth-order valence-corrected chi connectivity index (χ4v) is 2.42. The molecule has 3 rings (SSSR count). The Bertz CT molecular complexity index is 701. The van der Waals surface area contributed by atoms with Crippen LogP contribution in [0.15, 0.2) is 48.7 Å². The predicted octanol–water partition coefficient (Wildman–Crippen LogP) is 3.82. The van der Waals surface area contributed by atoms with E-state index >= 15 is 0 Å². The molecule has 0 spiro atoms. The number of aryl methyl sites for hydroxylation is 1. The standard InChI is InChI=1S/C15H13ClN2/c1-18-12(9-11-5-2-3-6-13(11)16)10-14-15(18)7-4-8-17-14/h2-8,10H,9H2,1H3. The first kappa shape index (κ1) is 11.3. The lowest BCUT2D eigenvalue weighted by Gasteiger charge is -2.06. The third kappa shape index (κ3) is 1.89. The van der Waals surface area contributed by atoms with Crippen LogP contribution in [0.1, 0.15) is 11.3 Å². The molecular formula is C15H13ClN2. The van der Waals surface area contributed by atoms with Crippen LogP contribution >= 0.6 is 11.6 Å². The first-order valence-electron chi connectivity index (χ1n) is 5.88. The Morgan fingerprint density at radius 1 is 1.17 bits per heavy atom. The Morgan fingerprint density at radius 2 is 2.00 bits per heavy atom. The first-order chi connectivity index (χ1) is 8.75. The van der Waals surface area contributed by atoms with E-state index < -0.39 is 0 Å². The third-order valence-electron chi connectivity index (χ3n) is 3.24. The molecule has 0 aliphatic rings. The highest BCUT2D eigenvalue weighted by molar-refractivity contribution is 6.31. The molecular weight excluding hydrogens is 244 g/mol. The molecule has 0 saturated carbocycles. The van der Waals surface area contributed by atoms with Gasteiger partial charge in [0.15, 0.2) is 0 Å². The number of aromatic nitrogens is 2. The van der Waals surface area contributed by atoms with Gasteiger partial charge < -0.3 is 4.57 Å². The smallest absolute Gasteiger partial charge is 0.0883 e. The summed E-state index contributed by atoms with van der Waals surface area (Å²) >= 11 is 6.20. The van der Waals surface area contributed by atoms with Crippen LogP contribution in [0.3, 0.4) is 0 Å². The van der Waals surface area contributed by atoms with Crippen molar-refractivity contribution in [3.05, 3.63) is 64.9 Å². The lowest BCUT2D eigenvalue weighted by Crippen LogP contribution is -1.97. The molecule has 3 aromatic rings. The summed E-state index contributed by atoms with van der Waals surface area (Å²) in [5.41, 5.74) is 4.54. The first-order valence-corrected chi connectivity index (χ1v) is 6.26. The molecule has 0 atom stereocenters. The van der Waals surface area contributed by atoms with Crippen molar-refractivity contribution in [2.24, 2.45) is 7.05 Å². The van der Waals surface area contributed by atoms with Crippen molar-refractivity contribution >= 4 is 22.6 Å². The molecule has 0 aliphatic carbocycles. The molecule has 2 heterocycles. The van der Waals surface area contributed by atoms with E-state index in [1.807, 2.05) is 30.5 Å². The van der Waals surface area contributed by atoms with Gasteiger partial charge in [-0.2, -0.15) is 0 Å². The maximum Gasteiger partial charge on any atom is 0.0883 e. The van der Waals surface area contributed by atoms with Gasteiger partial charge >= 0.3 is 0 Å². The Hall–Kier alpha value is -1.80. The maximum absolute atomic E-state index is 6.20. The van der Waals surface area contributed by atoms with Gasteiger partial charge in [-0.25, -0.2) is 0 Å². The van der Waals surface area contributed by atoms with Gasteiger partial charge in [0, 0.05) is 30.4 Å². The number of pyridine rings is 1. The monoisotopic (exact) mass is 256 g/mol. The predicted molar refractivity (Wildman–Crippen MR) is 75.0 cm³/mol. The van der Waals surface area contributed by atoms with Gasteiger partial charge in [0.1, 0.15) is 0 Å². The van der Waals surface area contributed by atoms with Gasteiger partial charge in [0.2, 0.25) is 0 Å². The summed E-state index contributed by atoms with van der Waals surface area (Å²) in [5.74, 6) is 0. The van der Waals surface area contributed by atoms with Crippen molar-refractivity contribution in [1.29, 1.82) is 0 Å². The molecule has 18 heavy (non-hydrogen) atoms. The second kappa shape index (κ2) is 4.46. The molecule has 1 aromatic carbocycles. The number of nitrogens with zero attached hydrogens (tertiary/aromatic N) is 2. The summed E-state index contributed by atoms with van der Waals surface area (Å²) in [6, 6.07) is 14.1. The van der Waals surface area contributed by atoms with Gasteiger partial charge in [-0.05, 0) is 29.8 Å². The molecule has 2 nitrogen and oxygen atoms in total. The zero-order valence-corrected chi connectivity index (χ0v) is 10.9. The lowest BCUT2D eigenvalue weighted by atomic mass is 10.1. The molecule has 0 aliphatic heterocycles. The molecule has 0 fully saturated rings.